The van der Waals surface area contributed by atoms with Gasteiger partial charge in [-0.15, -0.1) is 0 Å². The summed E-state index contributed by atoms with van der Waals surface area (Å²) in [6, 6.07) is 3.71. The molecule has 1 heterocycles. The molecule has 0 aromatic carbocycles. The third kappa shape index (κ3) is 3.09. The number of nitrogens with zero attached hydrogens (tertiary/aromatic N) is 1. The van der Waals surface area contributed by atoms with Crippen LogP contribution in [0.2, 0.25) is 0 Å². The molecule has 0 atom stereocenters. The normalized spacial score (nSPS) is 11.5. The van der Waals surface area contributed by atoms with Crippen molar-refractivity contribution in [2.24, 2.45) is 0 Å². The first-order valence-electron chi connectivity index (χ1n) is 4.92. The van der Waals surface area contributed by atoms with E-state index in [1.54, 1.807) is 25.3 Å². The topological polar surface area (TPSA) is 45.5 Å². The maximum atomic E-state index is 11.8. The van der Waals surface area contributed by atoms with Crippen LogP contribution >= 0.6 is 0 Å². The van der Waals surface area contributed by atoms with E-state index in [0.29, 0.717) is 6.54 Å². The molecule has 1 rings (SSSR count). The van der Waals surface area contributed by atoms with Gasteiger partial charge in [-0.2, -0.15) is 0 Å². The molecule has 0 saturated carbocycles. The number of likely N-dealkylation sites (N-methyl/N-ethyl adjacent to an activating group) is 1. The van der Waals surface area contributed by atoms with Gasteiger partial charge >= 0.3 is 0 Å². The van der Waals surface area contributed by atoms with Crippen LogP contribution in [-0.4, -0.2) is 30.4 Å². The summed E-state index contributed by atoms with van der Waals surface area (Å²) in [7, 11) is 3.50. The second-order valence-electron chi connectivity index (χ2n) is 4.26. The zero-order valence-corrected chi connectivity index (χ0v) is 9.70. The molecule has 0 aliphatic rings. The molecule has 4 heteroatoms. The lowest BCUT2D eigenvalue weighted by Gasteiger charge is -2.27. The molecular formula is C11H18N2O2. The van der Waals surface area contributed by atoms with Crippen molar-refractivity contribution in [2.75, 3.05) is 14.1 Å². The van der Waals surface area contributed by atoms with E-state index in [4.69, 9.17) is 4.42 Å². The van der Waals surface area contributed by atoms with E-state index in [1.807, 2.05) is 26.0 Å². The zero-order valence-electron chi connectivity index (χ0n) is 9.70. The molecule has 0 fully saturated rings. The zero-order chi connectivity index (χ0) is 11.5. The molecule has 0 unspecified atom stereocenters. The van der Waals surface area contributed by atoms with Crippen molar-refractivity contribution in [1.29, 1.82) is 0 Å². The van der Waals surface area contributed by atoms with Gasteiger partial charge in [0.05, 0.1) is 18.3 Å². The minimum Gasteiger partial charge on any atom is -0.468 e. The largest absolute Gasteiger partial charge is 0.468 e. The lowest BCUT2D eigenvalue weighted by Crippen LogP contribution is -2.51. The SMILES string of the molecule is CN(C)C(=O)C(C)(C)NCc1ccco1. The highest BCUT2D eigenvalue weighted by Crippen LogP contribution is 2.08. The van der Waals surface area contributed by atoms with E-state index >= 15 is 0 Å². The lowest BCUT2D eigenvalue weighted by molar-refractivity contribution is -0.134. The van der Waals surface area contributed by atoms with Gasteiger partial charge < -0.3 is 9.32 Å². The van der Waals surface area contributed by atoms with Crippen LogP contribution in [0, 0.1) is 0 Å². The van der Waals surface area contributed by atoms with E-state index in [-0.39, 0.29) is 5.91 Å². The fourth-order valence-corrected chi connectivity index (χ4v) is 1.36. The number of amides is 1. The van der Waals surface area contributed by atoms with Crippen LogP contribution in [0.1, 0.15) is 19.6 Å². The number of furan rings is 1. The van der Waals surface area contributed by atoms with Crippen molar-refractivity contribution in [3.8, 4) is 0 Å². The molecule has 1 aromatic rings. The Morgan fingerprint density at radius 3 is 2.67 bits per heavy atom. The molecule has 1 amide bonds. The smallest absolute Gasteiger partial charge is 0.241 e. The van der Waals surface area contributed by atoms with Crippen molar-refractivity contribution in [1.82, 2.24) is 10.2 Å². The third-order valence-corrected chi connectivity index (χ3v) is 2.23. The second kappa shape index (κ2) is 4.49. The minimum atomic E-state index is -0.573. The number of carbonyl (C=O) groups excluding carboxylic acids is 1. The van der Waals surface area contributed by atoms with Crippen LogP contribution < -0.4 is 5.32 Å². The summed E-state index contributed by atoms with van der Waals surface area (Å²) in [4.78, 5) is 13.3. The fraction of sp³-hybridized carbons (Fsp3) is 0.545. The van der Waals surface area contributed by atoms with E-state index < -0.39 is 5.54 Å². The van der Waals surface area contributed by atoms with Gasteiger partial charge in [0, 0.05) is 14.1 Å². The van der Waals surface area contributed by atoms with Crippen molar-refractivity contribution >= 4 is 5.91 Å². The van der Waals surface area contributed by atoms with Gasteiger partial charge in [0.1, 0.15) is 5.76 Å². The van der Waals surface area contributed by atoms with Gasteiger partial charge in [0.25, 0.3) is 0 Å². The van der Waals surface area contributed by atoms with E-state index in [9.17, 15) is 4.79 Å². The Morgan fingerprint density at radius 2 is 2.20 bits per heavy atom. The van der Waals surface area contributed by atoms with E-state index in [0.717, 1.165) is 5.76 Å². The minimum absolute atomic E-state index is 0.0501. The molecule has 84 valence electrons. The number of rotatable bonds is 4. The van der Waals surface area contributed by atoms with Crippen LogP contribution in [0.3, 0.4) is 0 Å². The highest BCUT2D eigenvalue weighted by molar-refractivity contribution is 5.84. The molecule has 15 heavy (non-hydrogen) atoms. The molecule has 0 aliphatic carbocycles. The van der Waals surface area contributed by atoms with Crippen LogP contribution in [0.5, 0.6) is 0 Å². The average Bonchev–Trinajstić information content (AvgIpc) is 2.66. The Morgan fingerprint density at radius 1 is 1.53 bits per heavy atom. The van der Waals surface area contributed by atoms with Gasteiger partial charge in [0.2, 0.25) is 5.91 Å². The quantitative estimate of drug-likeness (QED) is 0.813. The summed E-state index contributed by atoms with van der Waals surface area (Å²) in [6.07, 6.45) is 1.62. The number of hydrogen-bond donors (Lipinski definition) is 1. The highest BCUT2D eigenvalue weighted by atomic mass is 16.3. The maximum absolute atomic E-state index is 11.8. The first kappa shape index (κ1) is 11.8. The molecule has 0 radical (unpaired) electrons. The molecule has 0 bridgehead atoms. The van der Waals surface area contributed by atoms with Crippen molar-refractivity contribution in [3.63, 3.8) is 0 Å². The molecule has 0 aliphatic heterocycles. The Kier molecular flexibility index (Phi) is 3.52. The van der Waals surface area contributed by atoms with E-state index in [2.05, 4.69) is 5.32 Å². The van der Waals surface area contributed by atoms with Crippen molar-refractivity contribution in [2.45, 2.75) is 25.9 Å². The van der Waals surface area contributed by atoms with E-state index in [1.165, 1.54) is 0 Å². The Hall–Kier alpha value is -1.29. The Balaban J connectivity index is 2.53. The Labute approximate surface area is 90.3 Å². The maximum Gasteiger partial charge on any atom is 0.241 e. The van der Waals surface area contributed by atoms with Crippen molar-refractivity contribution in [3.05, 3.63) is 24.2 Å². The van der Waals surface area contributed by atoms with Gasteiger partial charge in [-0.1, -0.05) is 0 Å². The third-order valence-electron chi connectivity index (χ3n) is 2.23. The Bertz CT molecular complexity index is 315. The van der Waals surface area contributed by atoms with Gasteiger partial charge in [-0.25, -0.2) is 0 Å². The standard InChI is InChI=1S/C11H18N2O2/c1-11(2,10(14)13(3)4)12-8-9-6-5-7-15-9/h5-7,12H,8H2,1-4H3. The lowest BCUT2D eigenvalue weighted by atomic mass is 10.0. The van der Waals surface area contributed by atoms with Gasteiger partial charge in [-0.05, 0) is 26.0 Å². The number of nitrogens with one attached hydrogen (secondary N) is 1. The summed E-state index contributed by atoms with van der Waals surface area (Å²) < 4.78 is 5.18. The van der Waals surface area contributed by atoms with Crippen LogP contribution in [-0.2, 0) is 11.3 Å². The highest BCUT2D eigenvalue weighted by Gasteiger charge is 2.28. The molecular weight excluding hydrogens is 192 g/mol. The van der Waals surface area contributed by atoms with Gasteiger partial charge in [0.15, 0.2) is 0 Å². The summed E-state index contributed by atoms with van der Waals surface area (Å²) in [6.45, 7) is 4.27. The summed E-state index contributed by atoms with van der Waals surface area (Å²) in [5, 5.41) is 3.16. The van der Waals surface area contributed by atoms with Gasteiger partial charge in [-0.3, -0.25) is 10.1 Å². The van der Waals surface area contributed by atoms with Crippen molar-refractivity contribution < 1.29 is 9.21 Å². The second-order valence-corrected chi connectivity index (χ2v) is 4.26. The monoisotopic (exact) mass is 210 g/mol. The number of hydrogen-bond acceptors (Lipinski definition) is 3. The summed E-state index contributed by atoms with van der Waals surface area (Å²) >= 11 is 0. The first-order valence-corrected chi connectivity index (χ1v) is 4.92. The molecule has 0 spiro atoms. The first-order chi connectivity index (χ1) is 6.93. The number of carbonyl (C=O) groups is 1. The predicted octanol–water partition coefficient (Wildman–Crippen LogP) is 1.24. The van der Waals surface area contributed by atoms with Crippen LogP contribution in [0.4, 0.5) is 0 Å². The molecule has 4 nitrogen and oxygen atoms in total. The van der Waals surface area contributed by atoms with Crippen LogP contribution in [0.15, 0.2) is 22.8 Å². The fourth-order valence-electron chi connectivity index (χ4n) is 1.36. The average molecular weight is 210 g/mol. The van der Waals surface area contributed by atoms with Crippen LogP contribution in [0.25, 0.3) is 0 Å². The molecule has 1 N–H and O–H groups in total. The molecule has 1 aromatic heterocycles. The summed E-state index contributed by atoms with van der Waals surface area (Å²) in [5.74, 6) is 0.878. The molecule has 0 saturated heterocycles. The predicted molar refractivity (Wildman–Crippen MR) is 58.3 cm³/mol. The summed E-state index contributed by atoms with van der Waals surface area (Å²) in [5.41, 5.74) is -0.573.